The number of carbonyl (C=O) groups is 1. The van der Waals surface area contributed by atoms with Crippen LogP contribution in [0.25, 0.3) is 10.2 Å². The molecule has 144 valence electrons. The Morgan fingerprint density at radius 3 is 2.68 bits per heavy atom. The Morgan fingerprint density at radius 1 is 1.04 bits per heavy atom. The number of hydrogen-bond donors (Lipinski definition) is 1. The van der Waals surface area contributed by atoms with Crippen molar-refractivity contribution in [2.24, 2.45) is 5.92 Å². The van der Waals surface area contributed by atoms with Gasteiger partial charge in [0.15, 0.2) is 5.13 Å². The Morgan fingerprint density at radius 2 is 1.82 bits per heavy atom. The number of rotatable bonds is 3. The SMILES string of the molecule is O=C(N[C@@H]1CCCc2ccccc21)C1CCN(c2nc3ccccc3s2)CC1. The van der Waals surface area contributed by atoms with Crippen molar-refractivity contribution >= 4 is 32.6 Å². The second kappa shape index (κ2) is 7.55. The maximum atomic E-state index is 12.9. The maximum absolute atomic E-state index is 12.9. The molecular weight excluding hydrogens is 366 g/mol. The van der Waals surface area contributed by atoms with Crippen molar-refractivity contribution in [3.8, 4) is 0 Å². The second-order valence-electron chi connectivity index (χ2n) is 7.88. The highest BCUT2D eigenvalue weighted by Crippen LogP contribution is 2.33. The topological polar surface area (TPSA) is 45.2 Å². The monoisotopic (exact) mass is 391 g/mol. The fraction of sp³-hybridized carbons (Fsp3) is 0.391. The minimum absolute atomic E-state index is 0.111. The molecule has 5 heteroatoms. The van der Waals surface area contributed by atoms with Gasteiger partial charge < -0.3 is 10.2 Å². The van der Waals surface area contributed by atoms with Gasteiger partial charge in [-0.25, -0.2) is 4.98 Å². The molecule has 2 aliphatic rings. The summed E-state index contributed by atoms with van der Waals surface area (Å²) in [6.07, 6.45) is 5.13. The number of anilines is 1. The molecule has 1 N–H and O–H groups in total. The van der Waals surface area contributed by atoms with Gasteiger partial charge in [0, 0.05) is 19.0 Å². The smallest absolute Gasteiger partial charge is 0.223 e. The van der Waals surface area contributed by atoms with Gasteiger partial charge in [0.1, 0.15) is 0 Å². The number of hydrogen-bond acceptors (Lipinski definition) is 4. The summed E-state index contributed by atoms with van der Waals surface area (Å²) in [5.74, 6) is 0.338. The first kappa shape index (κ1) is 17.7. The molecule has 0 saturated carbocycles. The Hall–Kier alpha value is -2.40. The van der Waals surface area contributed by atoms with Crippen LogP contribution in [0.2, 0.25) is 0 Å². The number of fused-ring (bicyclic) bond motifs is 2. The summed E-state index contributed by atoms with van der Waals surface area (Å²) in [6, 6.07) is 17.0. The van der Waals surface area contributed by atoms with E-state index in [0.717, 1.165) is 55.8 Å². The summed E-state index contributed by atoms with van der Waals surface area (Å²) in [6.45, 7) is 1.80. The Balaban J connectivity index is 1.22. The highest BCUT2D eigenvalue weighted by molar-refractivity contribution is 7.22. The van der Waals surface area contributed by atoms with Crippen LogP contribution >= 0.6 is 11.3 Å². The molecule has 1 aliphatic heterocycles. The average molecular weight is 392 g/mol. The number of thiazole rings is 1. The van der Waals surface area contributed by atoms with Crippen LogP contribution in [0, 0.1) is 5.92 Å². The molecule has 1 saturated heterocycles. The number of benzene rings is 2. The van der Waals surface area contributed by atoms with Crippen LogP contribution in [0.1, 0.15) is 42.9 Å². The zero-order valence-electron chi connectivity index (χ0n) is 15.9. The molecule has 0 unspecified atom stereocenters. The van der Waals surface area contributed by atoms with Gasteiger partial charge in [-0.3, -0.25) is 4.79 Å². The highest BCUT2D eigenvalue weighted by atomic mass is 32.1. The van der Waals surface area contributed by atoms with Crippen LogP contribution < -0.4 is 10.2 Å². The van der Waals surface area contributed by atoms with Crippen LogP contribution in [0.5, 0.6) is 0 Å². The molecule has 2 heterocycles. The summed E-state index contributed by atoms with van der Waals surface area (Å²) in [7, 11) is 0. The van der Waals surface area contributed by atoms with E-state index in [1.165, 1.54) is 15.8 Å². The predicted octanol–water partition coefficient (Wildman–Crippen LogP) is 4.71. The zero-order chi connectivity index (χ0) is 18.9. The second-order valence-corrected chi connectivity index (χ2v) is 8.89. The minimum atomic E-state index is 0.111. The number of amides is 1. The zero-order valence-corrected chi connectivity index (χ0v) is 16.8. The number of nitrogens with one attached hydrogen (secondary N) is 1. The van der Waals surface area contributed by atoms with Gasteiger partial charge in [0.2, 0.25) is 5.91 Å². The van der Waals surface area contributed by atoms with Crippen molar-refractivity contribution in [1.82, 2.24) is 10.3 Å². The summed E-state index contributed by atoms with van der Waals surface area (Å²) in [5, 5.41) is 4.43. The van der Waals surface area contributed by atoms with E-state index in [0.29, 0.717) is 0 Å². The fourth-order valence-corrected chi connectivity index (χ4v) is 5.54. The van der Waals surface area contributed by atoms with Crippen molar-refractivity contribution in [3.63, 3.8) is 0 Å². The van der Waals surface area contributed by atoms with Gasteiger partial charge in [-0.2, -0.15) is 0 Å². The van der Waals surface area contributed by atoms with Gasteiger partial charge in [0.25, 0.3) is 0 Å². The minimum Gasteiger partial charge on any atom is -0.349 e. The van der Waals surface area contributed by atoms with Crippen LogP contribution in [0.3, 0.4) is 0 Å². The molecule has 4 nitrogen and oxygen atoms in total. The summed E-state index contributed by atoms with van der Waals surface area (Å²) in [5.41, 5.74) is 3.78. The lowest BCUT2D eigenvalue weighted by Gasteiger charge is -2.33. The molecule has 0 bridgehead atoms. The summed E-state index contributed by atoms with van der Waals surface area (Å²) < 4.78 is 1.23. The van der Waals surface area contributed by atoms with E-state index in [-0.39, 0.29) is 17.9 Å². The van der Waals surface area contributed by atoms with Crippen molar-refractivity contribution in [2.75, 3.05) is 18.0 Å². The molecule has 1 atom stereocenters. The van der Waals surface area contributed by atoms with E-state index in [4.69, 9.17) is 4.98 Å². The van der Waals surface area contributed by atoms with Gasteiger partial charge in [-0.15, -0.1) is 0 Å². The van der Waals surface area contributed by atoms with E-state index >= 15 is 0 Å². The molecule has 5 rings (SSSR count). The third-order valence-electron chi connectivity index (χ3n) is 6.10. The number of aryl methyl sites for hydroxylation is 1. The lowest BCUT2D eigenvalue weighted by molar-refractivity contribution is -0.126. The van der Waals surface area contributed by atoms with Gasteiger partial charge in [-0.1, -0.05) is 47.7 Å². The Bertz CT molecular complexity index is 957. The molecule has 1 amide bonds. The van der Waals surface area contributed by atoms with E-state index in [9.17, 15) is 4.79 Å². The number of piperidine rings is 1. The largest absolute Gasteiger partial charge is 0.349 e. The maximum Gasteiger partial charge on any atom is 0.223 e. The van der Waals surface area contributed by atoms with Crippen molar-refractivity contribution < 1.29 is 4.79 Å². The molecule has 1 fully saturated rings. The van der Waals surface area contributed by atoms with Gasteiger partial charge in [0.05, 0.1) is 16.3 Å². The fourth-order valence-electron chi connectivity index (χ4n) is 4.52. The van der Waals surface area contributed by atoms with Crippen LogP contribution in [-0.4, -0.2) is 24.0 Å². The standard InChI is InChI=1S/C23H25N3OS/c27-22(24-19-10-5-7-16-6-1-2-8-18(16)19)17-12-14-26(15-13-17)23-25-20-9-3-4-11-21(20)28-23/h1-4,6,8-9,11,17,19H,5,7,10,12-15H2,(H,24,27)/t19-/m1/s1. The molecule has 2 aromatic carbocycles. The highest BCUT2D eigenvalue weighted by Gasteiger charge is 2.29. The van der Waals surface area contributed by atoms with Crippen LogP contribution in [-0.2, 0) is 11.2 Å². The van der Waals surface area contributed by atoms with Crippen molar-refractivity contribution in [2.45, 2.75) is 38.1 Å². The first-order valence-electron chi connectivity index (χ1n) is 10.3. The first-order chi connectivity index (χ1) is 13.8. The van der Waals surface area contributed by atoms with Crippen LogP contribution in [0.15, 0.2) is 48.5 Å². The normalized spacial score (nSPS) is 20.1. The molecule has 28 heavy (non-hydrogen) atoms. The lowest BCUT2D eigenvalue weighted by atomic mass is 9.87. The van der Waals surface area contributed by atoms with E-state index in [1.807, 2.05) is 6.07 Å². The molecule has 3 aromatic rings. The van der Waals surface area contributed by atoms with Gasteiger partial charge in [-0.05, 0) is 55.4 Å². The van der Waals surface area contributed by atoms with E-state index in [2.05, 4.69) is 52.7 Å². The van der Waals surface area contributed by atoms with E-state index < -0.39 is 0 Å². The van der Waals surface area contributed by atoms with Gasteiger partial charge >= 0.3 is 0 Å². The Labute approximate surface area is 169 Å². The number of nitrogens with zero attached hydrogens (tertiary/aromatic N) is 2. The third kappa shape index (κ3) is 3.39. The number of aromatic nitrogens is 1. The lowest BCUT2D eigenvalue weighted by Crippen LogP contribution is -2.42. The quantitative estimate of drug-likeness (QED) is 0.703. The van der Waals surface area contributed by atoms with Crippen molar-refractivity contribution in [3.05, 3.63) is 59.7 Å². The summed E-state index contributed by atoms with van der Waals surface area (Å²) >= 11 is 1.75. The van der Waals surface area contributed by atoms with Crippen LogP contribution in [0.4, 0.5) is 5.13 Å². The first-order valence-corrected chi connectivity index (χ1v) is 11.1. The molecule has 1 aliphatic carbocycles. The molecule has 0 radical (unpaired) electrons. The average Bonchev–Trinajstić information content (AvgIpc) is 3.18. The number of carbonyl (C=O) groups excluding carboxylic acids is 1. The molecule has 0 spiro atoms. The Kier molecular flexibility index (Phi) is 4.77. The van der Waals surface area contributed by atoms with E-state index in [1.54, 1.807) is 11.3 Å². The molecule has 1 aromatic heterocycles. The third-order valence-corrected chi connectivity index (χ3v) is 7.20. The van der Waals surface area contributed by atoms with Crippen molar-refractivity contribution in [1.29, 1.82) is 0 Å². The number of para-hydroxylation sites is 1. The summed E-state index contributed by atoms with van der Waals surface area (Å²) in [4.78, 5) is 20.0. The molecular formula is C23H25N3OS. The predicted molar refractivity (Wildman–Crippen MR) is 115 cm³/mol.